The quantitative estimate of drug-likeness (QED) is 0.578. The molecule has 0 aliphatic carbocycles. The van der Waals surface area contributed by atoms with E-state index in [2.05, 4.69) is 12.2 Å². The van der Waals surface area contributed by atoms with Crippen LogP contribution in [0, 0.1) is 0 Å². The SMILES string of the molecule is CC([SiH3])C[C@@H](ON)C(=O)Nc1ccccc1. The molecule has 5 heteroatoms. The van der Waals surface area contributed by atoms with Crippen molar-refractivity contribution in [2.75, 3.05) is 5.32 Å². The molecular formula is C11H18N2O2Si. The van der Waals surface area contributed by atoms with Crippen LogP contribution in [0.15, 0.2) is 30.3 Å². The highest BCUT2D eigenvalue weighted by Gasteiger charge is 2.19. The van der Waals surface area contributed by atoms with Gasteiger partial charge in [-0.2, -0.15) is 0 Å². The summed E-state index contributed by atoms with van der Waals surface area (Å²) in [6.07, 6.45) is 0.106. The van der Waals surface area contributed by atoms with Gasteiger partial charge in [0.25, 0.3) is 5.91 Å². The molecule has 0 aliphatic rings. The van der Waals surface area contributed by atoms with E-state index in [-0.39, 0.29) is 5.91 Å². The number of rotatable bonds is 5. The zero-order chi connectivity index (χ0) is 12.0. The molecule has 0 bridgehead atoms. The predicted octanol–water partition coefficient (Wildman–Crippen LogP) is 0.448. The summed E-state index contributed by atoms with van der Waals surface area (Å²) in [7, 11) is 1.02. The number of para-hydroxylation sites is 1. The largest absolute Gasteiger partial charge is 0.324 e. The summed E-state index contributed by atoms with van der Waals surface area (Å²) in [5.74, 6) is 4.95. The fraction of sp³-hybridized carbons (Fsp3) is 0.364. The Balaban J connectivity index is 2.56. The predicted molar refractivity (Wildman–Crippen MR) is 68.1 cm³/mol. The van der Waals surface area contributed by atoms with E-state index in [1.165, 1.54) is 0 Å². The van der Waals surface area contributed by atoms with Crippen LogP contribution in [0.4, 0.5) is 5.69 Å². The van der Waals surface area contributed by atoms with Gasteiger partial charge in [-0.25, -0.2) is 5.90 Å². The van der Waals surface area contributed by atoms with Gasteiger partial charge in [0.15, 0.2) is 6.10 Å². The van der Waals surface area contributed by atoms with Crippen LogP contribution >= 0.6 is 0 Å². The Morgan fingerprint density at radius 2 is 2.12 bits per heavy atom. The molecule has 1 rings (SSSR count). The lowest BCUT2D eigenvalue weighted by atomic mass is 10.2. The number of benzene rings is 1. The van der Waals surface area contributed by atoms with Crippen LogP contribution in [0.5, 0.6) is 0 Å². The molecule has 3 N–H and O–H groups in total. The van der Waals surface area contributed by atoms with Gasteiger partial charge in [0, 0.05) is 15.9 Å². The van der Waals surface area contributed by atoms with Crippen molar-refractivity contribution in [2.45, 2.75) is 25.0 Å². The number of hydrogen-bond acceptors (Lipinski definition) is 3. The lowest BCUT2D eigenvalue weighted by molar-refractivity contribution is -0.128. The topological polar surface area (TPSA) is 64.3 Å². The van der Waals surface area contributed by atoms with E-state index in [4.69, 9.17) is 10.7 Å². The average molecular weight is 238 g/mol. The van der Waals surface area contributed by atoms with Crippen LogP contribution in [-0.4, -0.2) is 22.3 Å². The van der Waals surface area contributed by atoms with Crippen LogP contribution < -0.4 is 11.2 Å². The first kappa shape index (κ1) is 12.9. The molecule has 0 fully saturated rings. The molecule has 4 nitrogen and oxygen atoms in total. The molecule has 0 heterocycles. The van der Waals surface area contributed by atoms with Gasteiger partial charge in [0.2, 0.25) is 0 Å². The van der Waals surface area contributed by atoms with Gasteiger partial charge in [0.1, 0.15) is 0 Å². The molecule has 1 amide bonds. The van der Waals surface area contributed by atoms with Crippen LogP contribution in [0.3, 0.4) is 0 Å². The van der Waals surface area contributed by atoms with Gasteiger partial charge in [-0.15, -0.1) is 0 Å². The summed E-state index contributed by atoms with van der Waals surface area (Å²) in [4.78, 5) is 16.5. The minimum absolute atomic E-state index is 0.184. The Hall–Kier alpha value is -1.17. The van der Waals surface area contributed by atoms with Gasteiger partial charge < -0.3 is 5.32 Å². The van der Waals surface area contributed by atoms with Crippen molar-refractivity contribution in [1.82, 2.24) is 0 Å². The molecule has 0 spiro atoms. The number of carbonyl (C=O) groups is 1. The van der Waals surface area contributed by atoms with Gasteiger partial charge in [-0.3, -0.25) is 9.63 Å². The van der Waals surface area contributed by atoms with Crippen molar-refractivity contribution in [3.8, 4) is 0 Å². The minimum Gasteiger partial charge on any atom is -0.324 e. The van der Waals surface area contributed by atoms with E-state index in [9.17, 15) is 4.79 Å². The number of nitrogens with one attached hydrogen (secondary N) is 1. The van der Waals surface area contributed by atoms with Crippen molar-refractivity contribution in [3.05, 3.63) is 30.3 Å². The lowest BCUT2D eigenvalue weighted by Gasteiger charge is -2.16. The fourth-order valence-corrected chi connectivity index (χ4v) is 1.82. The molecule has 0 radical (unpaired) electrons. The van der Waals surface area contributed by atoms with E-state index in [1.807, 2.05) is 30.3 Å². The fourth-order valence-electron chi connectivity index (χ4n) is 1.40. The Labute approximate surface area is 98.5 Å². The zero-order valence-corrected chi connectivity index (χ0v) is 11.6. The number of amides is 1. The zero-order valence-electron chi connectivity index (χ0n) is 9.64. The molecule has 88 valence electrons. The van der Waals surface area contributed by atoms with Crippen LogP contribution in [0.2, 0.25) is 5.54 Å². The Bertz CT molecular complexity index is 330. The second-order valence-electron chi connectivity index (χ2n) is 4.11. The Morgan fingerprint density at radius 3 is 2.62 bits per heavy atom. The smallest absolute Gasteiger partial charge is 0.255 e. The third-order valence-corrected chi connectivity index (χ3v) is 2.65. The monoisotopic (exact) mass is 238 g/mol. The van der Waals surface area contributed by atoms with Gasteiger partial charge in [-0.05, 0) is 18.6 Å². The summed E-state index contributed by atoms with van der Waals surface area (Å²) < 4.78 is 0. The summed E-state index contributed by atoms with van der Waals surface area (Å²) in [6, 6.07) is 9.28. The molecule has 0 aliphatic heterocycles. The highest BCUT2D eigenvalue weighted by molar-refractivity contribution is 6.11. The normalized spacial score (nSPS) is 14.4. The molecular weight excluding hydrogens is 220 g/mol. The minimum atomic E-state index is -0.562. The third-order valence-electron chi connectivity index (χ3n) is 2.18. The number of anilines is 1. The first-order valence-electron chi connectivity index (χ1n) is 5.35. The first-order chi connectivity index (χ1) is 7.63. The van der Waals surface area contributed by atoms with Crippen LogP contribution in [0.1, 0.15) is 13.3 Å². The highest BCUT2D eigenvalue weighted by Crippen LogP contribution is 2.12. The molecule has 1 aromatic rings. The van der Waals surface area contributed by atoms with Crippen molar-refractivity contribution >= 4 is 21.8 Å². The standard InChI is InChI=1S/C11H18N2O2Si/c1-8(16)7-10(15-12)11(14)13-9-5-3-2-4-6-9/h2-6,8,10H,7,12H2,1,16H3,(H,13,14)/t8?,10-/m1/s1. The number of nitrogens with two attached hydrogens (primary N) is 1. The van der Waals surface area contributed by atoms with Crippen molar-refractivity contribution in [3.63, 3.8) is 0 Å². The molecule has 0 aromatic heterocycles. The van der Waals surface area contributed by atoms with E-state index < -0.39 is 6.10 Å². The number of hydrogen-bond donors (Lipinski definition) is 2. The molecule has 0 saturated heterocycles. The van der Waals surface area contributed by atoms with Crippen molar-refractivity contribution in [1.29, 1.82) is 0 Å². The Morgan fingerprint density at radius 1 is 1.50 bits per heavy atom. The average Bonchev–Trinajstić information content (AvgIpc) is 2.26. The molecule has 2 atom stereocenters. The van der Waals surface area contributed by atoms with Crippen LogP contribution in [0.25, 0.3) is 0 Å². The van der Waals surface area contributed by atoms with E-state index in [0.29, 0.717) is 12.0 Å². The molecule has 1 unspecified atom stereocenters. The first-order valence-corrected chi connectivity index (χ1v) is 6.50. The Kier molecular flexibility index (Phi) is 5.17. The third kappa shape index (κ3) is 4.14. The van der Waals surface area contributed by atoms with Gasteiger partial charge in [-0.1, -0.05) is 30.7 Å². The van der Waals surface area contributed by atoms with Crippen molar-refractivity contribution < 1.29 is 9.63 Å². The summed E-state index contributed by atoms with van der Waals surface area (Å²) >= 11 is 0. The number of carbonyl (C=O) groups excluding carboxylic acids is 1. The maximum Gasteiger partial charge on any atom is 0.255 e. The summed E-state index contributed by atoms with van der Waals surface area (Å²) in [5.41, 5.74) is 1.26. The highest BCUT2D eigenvalue weighted by atomic mass is 28.1. The lowest BCUT2D eigenvalue weighted by Crippen LogP contribution is -2.33. The van der Waals surface area contributed by atoms with E-state index >= 15 is 0 Å². The van der Waals surface area contributed by atoms with Gasteiger partial charge in [0.05, 0.1) is 0 Å². The van der Waals surface area contributed by atoms with E-state index in [1.54, 1.807) is 0 Å². The molecule has 1 aromatic carbocycles. The molecule has 16 heavy (non-hydrogen) atoms. The maximum atomic E-state index is 11.8. The van der Waals surface area contributed by atoms with E-state index in [0.717, 1.165) is 15.9 Å². The second kappa shape index (κ2) is 6.42. The maximum absolute atomic E-state index is 11.8. The van der Waals surface area contributed by atoms with Crippen molar-refractivity contribution in [2.24, 2.45) is 5.90 Å². The van der Waals surface area contributed by atoms with Crippen LogP contribution in [-0.2, 0) is 9.63 Å². The summed E-state index contributed by atoms with van der Waals surface area (Å²) in [6.45, 7) is 2.08. The summed E-state index contributed by atoms with van der Waals surface area (Å²) in [5, 5.41) is 2.77. The van der Waals surface area contributed by atoms with Gasteiger partial charge >= 0.3 is 0 Å². The molecule has 0 saturated carbocycles. The second-order valence-corrected chi connectivity index (χ2v) is 6.08.